The van der Waals surface area contributed by atoms with Gasteiger partial charge < -0.3 is 24.6 Å². The minimum absolute atomic E-state index is 0.00966. The van der Waals surface area contributed by atoms with Crippen molar-refractivity contribution in [1.82, 2.24) is 4.90 Å². The van der Waals surface area contributed by atoms with Gasteiger partial charge in [-0.2, -0.15) is 0 Å². The zero-order valence-corrected chi connectivity index (χ0v) is 34.3. The minimum atomic E-state index is -0.704. The Morgan fingerprint density at radius 2 is 0.902 bits per heavy atom. The van der Waals surface area contributed by atoms with Gasteiger partial charge in [0.25, 0.3) is 0 Å². The van der Waals surface area contributed by atoms with E-state index in [0.29, 0.717) is 26.0 Å². The van der Waals surface area contributed by atoms with Gasteiger partial charge in [0.1, 0.15) is 6.10 Å². The molecule has 0 saturated carbocycles. The van der Waals surface area contributed by atoms with Gasteiger partial charge >= 0.3 is 11.9 Å². The smallest absolute Gasteiger partial charge is 0.306 e. The lowest BCUT2D eigenvalue weighted by Crippen LogP contribution is -2.35. The zero-order valence-electron chi connectivity index (χ0n) is 34.3. The molecule has 0 fully saturated rings. The van der Waals surface area contributed by atoms with Crippen LogP contribution in [0.4, 0.5) is 0 Å². The molecular formula is C44H87NO6. The van der Waals surface area contributed by atoms with Gasteiger partial charge in [-0.3, -0.25) is 9.59 Å². The summed E-state index contributed by atoms with van der Waals surface area (Å²) in [4.78, 5) is 27.0. The topological polar surface area (TPSA) is 96.3 Å². The van der Waals surface area contributed by atoms with E-state index in [1.807, 2.05) is 0 Å². The Labute approximate surface area is 316 Å². The SMILES string of the molecule is CCCCCCCCOC(=O)CCCCCCCN(CCCCCCCC(=O)OC(CCCCCCCC)CCCCCCCC)CC(O)CO. The number of aliphatic hydroxyl groups is 2. The van der Waals surface area contributed by atoms with Gasteiger partial charge in [-0.15, -0.1) is 0 Å². The number of ether oxygens (including phenoxy) is 2. The van der Waals surface area contributed by atoms with Crippen molar-refractivity contribution in [1.29, 1.82) is 0 Å². The average Bonchev–Trinajstić information content (AvgIpc) is 3.12. The molecule has 0 rings (SSSR count). The fourth-order valence-electron chi connectivity index (χ4n) is 6.87. The Morgan fingerprint density at radius 3 is 1.37 bits per heavy atom. The average molecular weight is 726 g/mol. The Bertz CT molecular complexity index is 718. The van der Waals surface area contributed by atoms with Crippen LogP contribution in [0.5, 0.6) is 0 Å². The Kier molecular flexibility index (Phi) is 39.1. The van der Waals surface area contributed by atoms with Crippen LogP contribution in [0, 0.1) is 0 Å². The van der Waals surface area contributed by atoms with Crippen LogP contribution in [0.1, 0.15) is 226 Å². The van der Waals surface area contributed by atoms with E-state index in [1.54, 1.807) is 0 Å². The lowest BCUT2D eigenvalue weighted by Gasteiger charge is -2.24. The summed E-state index contributed by atoms with van der Waals surface area (Å²) in [5.41, 5.74) is 0. The van der Waals surface area contributed by atoms with Gasteiger partial charge in [0.15, 0.2) is 0 Å². The van der Waals surface area contributed by atoms with Crippen LogP contribution >= 0.6 is 0 Å². The van der Waals surface area contributed by atoms with Crippen molar-refractivity contribution in [3.05, 3.63) is 0 Å². The highest BCUT2D eigenvalue weighted by Crippen LogP contribution is 2.18. The Balaban J connectivity index is 4.13. The third kappa shape index (κ3) is 36.9. The molecule has 0 aromatic rings. The van der Waals surface area contributed by atoms with Crippen molar-refractivity contribution in [2.75, 3.05) is 32.8 Å². The summed E-state index contributed by atoms with van der Waals surface area (Å²) in [6, 6.07) is 0. The molecule has 7 heteroatoms. The molecule has 0 aromatic heterocycles. The van der Waals surface area contributed by atoms with Gasteiger partial charge in [0.2, 0.25) is 0 Å². The summed E-state index contributed by atoms with van der Waals surface area (Å²) in [5, 5.41) is 19.5. The van der Waals surface area contributed by atoms with Crippen LogP contribution < -0.4 is 0 Å². The number of esters is 2. The van der Waals surface area contributed by atoms with Gasteiger partial charge in [-0.1, -0.05) is 156 Å². The van der Waals surface area contributed by atoms with E-state index in [0.717, 1.165) is 103 Å². The number of carbonyl (C=O) groups is 2. The summed E-state index contributed by atoms with van der Waals surface area (Å²) < 4.78 is 11.4. The first kappa shape index (κ1) is 49.8. The van der Waals surface area contributed by atoms with Crippen molar-refractivity contribution < 1.29 is 29.3 Å². The van der Waals surface area contributed by atoms with Crippen molar-refractivity contribution >= 4 is 11.9 Å². The number of rotatable bonds is 41. The van der Waals surface area contributed by atoms with E-state index in [2.05, 4.69) is 25.7 Å². The van der Waals surface area contributed by atoms with Crippen molar-refractivity contribution in [3.8, 4) is 0 Å². The zero-order chi connectivity index (χ0) is 37.5. The maximum absolute atomic E-state index is 12.7. The lowest BCUT2D eigenvalue weighted by molar-refractivity contribution is -0.150. The normalized spacial score (nSPS) is 12.2. The van der Waals surface area contributed by atoms with E-state index in [-0.39, 0.29) is 24.6 Å². The molecule has 2 N–H and O–H groups in total. The summed E-state index contributed by atoms with van der Waals surface area (Å²) in [5.74, 6) is -0.0662. The summed E-state index contributed by atoms with van der Waals surface area (Å²) in [7, 11) is 0. The maximum atomic E-state index is 12.7. The molecule has 0 aliphatic rings. The number of nitrogens with zero attached hydrogens (tertiary/aromatic N) is 1. The van der Waals surface area contributed by atoms with Gasteiger partial charge in [-0.05, 0) is 70.9 Å². The van der Waals surface area contributed by atoms with E-state index >= 15 is 0 Å². The summed E-state index contributed by atoms with van der Waals surface area (Å²) in [6.45, 7) is 9.43. The molecule has 1 unspecified atom stereocenters. The van der Waals surface area contributed by atoms with E-state index in [4.69, 9.17) is 9.47 Å². The van der Waals surface area contributed by atoms with Crippen LogP contribution in [0.2, 0.25) is 0 Å². The molecule has 0 heterocycles. The first-order valence-electron chi connectivity index (χ1n) is 22.3. The molecule has 0 saturated heterocycles. The Hall–Kier alpha value is -1.18. The molecule has 51 heavy (non-hydrogen) atoms. The second-order valence-corrected chi connectivity index (χ2v) is 15.4. The Morgan fingerprint density at radius 1 is 0.510 bits per heavy atom. The molecule has 304 valence electrons. The number of aliphatic hydroxyl groups excluding tert-OH is 2. The van der Waals surface area contributed by atoms with Crippen molar-refractivity contribution in [2.24, 2.45) is 0 Å². The molecule has 0 spiro atoms. The van der Waals surface area contributed by atoms with E-state index in [9.17, 15) is 19.8 Å². The van der Waals surface area contributed by atoms with Gasteiger partial charge in [-0.25, -0.2) is 0 Å². The van der Waals surface area contributed by atoms with E-state index in [1.165, 1.54) is 103 Å². The quantitative estimate of drug-likeness (QED) is 0.0478. The molecule has 0 amide bonds. The monoisotopic (exact) mass is 726 g/mol. The molecule has 0 aliphatic heterocycles. The minimum Gasteiger partial charge on any atom is -0.466 e. The van der Waals surface area contributed by atoms with Crippen LogP contribution in [-0.2, 0) is 19.1 Å². The number of unbranched alkanes of at least 4 members (excludes halogenated alkanes) is 23. The number of carbonyl (C=O) groups excluding carboxylic acids is 2. The van der Waals surface area contributed by atoms with E-state index < -0.39 is 6.10 Å². The predicted octanol–water partition coefficient (Wildman–Crippen LogP) is 11.6. The van der Waals surface area contributed by atoms with Crippen molar-refractivity contribution in [3.63, 3.8) is 0 Å². The third-order valence-corrected chi connectivity index (χ3v) is 10.2. The second-order valence-electron chi connectivity index (χ2n) is 15.4. The standard InChI is InChI=1S/C44H87NO6/c1-4-7-10-13-18-25-32-42(33-26-19-14-11-8-5-2)51-44(49)35-28-21-17-23-30-37-45(39-41(47)40-46)36-29-22-16-20-27-34-43(48)50-38-31-24-15-12-9-6-3/h41-42,46-47H,4-40H2,1-3H3. The third-order valence-electron chi connectivity index (χ3n) is 10.2. The largest absolute Gasteiger partial charge is 0.466 e. The second kappa shape index (κ2) is 40.0. The first-order chi connectivity index (χ1) is 25.0. The highest BCUT2D eigenvalue weighted by molar-refractivity contribution is 5.69. The lowest BCUT2D eigenvalue weighted by atomic mass is 10.0. The molecule has 1 atom stereocenters. The molecule has 0 radical (unpaired) electrons. The highest BCUT2D eigenvalue weighted by Gasteiger charge is 2.15. The van der Waals surface area contributed by atoms with Crippen LogP contribution in [0.3, 0.4) is 0 Å². The maximum Gasteiger partial charge on any atom is 0.306 e. The molecule has 0 bridgehead atoms. The fourth-order valence-corrected chi connectivity index (χ4v) is 6.87. The summed E-state index contributed by atoms with van der Waals surface area (Å²) >= 11 is 0. The van der Waals surface area contributed by atoms with Gasteiger partial charge in [0.05, 0.1) is 19.3 Å². The molecule has 0 aromatic carbocycles. The van der Waals surface area contributed by atoms with Gasteiger partial charge in [0, 0.05) is 19.4 Å². The van der Waals surface area contributed by atoms with Crippen LogP contribution in [0.25, 0.3) is 0 Å². The van der Waals surface area contributed by atoms with Crippen molar-refractivity contribution in [2.45, 2.75) is 238 Å². The summed E-state index contributed by atoms with van der Waals surface area (Å²) in [6.07, 6.45) is 35.3. The fraction of sp³-hybridized carbons (Fsp3) is 0.955. The van der Waals surface area contributed by atoms with Crippen LogP contribution in [-0.4, -0.2) is 72.1 Å². The predicted molar refractivity (Wildman–Crippen MR) is 215 cm³/mol. The number of hydrogen-bond donors (Lipinski definition) is 2. The molecule has 7 nitrogen and oxygen atoms in total. The highest BCUT2D eigenvalue weighted by atomic mass is 16.5. The molecular weight excluding hydrogens is 638 g/mol. The van der Waals surface area contributed by atoms with Crippen LogP contribution in [0.15, 0.2) is 0 Å². The number of hydrogen-bond acceptors (Lipinski definition) is 7. The first-order valence-corrected chi connectivity index (χ1v) is 22.3. The molecule has 0 aliphatic carbocycles.